The monoisotopic (exact) mass is 478 g/mol. The van der Waals surface area contributed by atoms with E-state index in [-0.39, 0.29) is 46.5 Å². The Morgan fingerprint density at radius 3 is 1.64 bits per heavy atom. The summed E-state index contributed by atoms with van der Waals surface area (Å²) in [7, 11) is 0.750. The van der Waals surface area contributed by atoms with Crippen molar-refractivity contribution in [2.45, 2.75) is 84.7 Å². The minimum absolute atomic E-state index is 0. The van der Waals surface area contributed by atoms with E-state index < -0.39 is 0 Å². The maximum Gasteiger partial charge on any atom is 0.116 e. The Bertz CT molecular complexity index is 455. The Morgan fingerprint density at radius 1 is 0.893 bits per heavy atom. The Kier molecular flexibility index (Phi) is 34.2. The van der Waals surface area contributed by atoms with Gasteiger partial charge in [0.1, 0.15) is 5.75 Å². The van der Waals surface area contributed by atoms with Gasteiger partial charge in [-0.25, -0.2) is 12.2 Å². The summed E-state index contributed by atoms with van der Waals surface area (Å²) in [4.78, 5) is 0. The van der Waals surface area contributed by atoms with E-state index in [1.807, 2.05) is 24.3 Å². The molecule has 1 aliphatic rings. The number of aryl methyl sites for hydroxylation is 2. The van der Waals surface area contributed by atoms with E-state index in [1.165, 1.54) is 49.7 Å². The molecule has 0 aliphatic heterocycles. The number of aromatic hydroxyl groups is 1. The number of phenols is 1. The van der Waals surface area contributed by atoms with Gasteiger partial charge >= 0.3 is 0 Å². The minimum atomic E-state index is 0. The molecule has 1 aromatic carbocycles. The normalized spacial score (nSPS) is 10.3. The number of benzene rings is 1. The smallest absolute Gasteiger partial charge is 0.116 e. The van der Waals surface area contributed by atoms with Crippen LogP contribution in [0.1, 0.15) is 69.9 Å². The molecule has 0 fully saturated rings. The Morgan fingerprint density at radius 2 is 1.36 bits per heavy atom. The Labute approximate surface area is 204 Å². The van der Waals surface area contributed by atoms with Crippen molar-refractivity contribution >= 4 is 34.3 Å². The third kappa shape index (κ3) is 22.3. The summed E-state index contributed by atoms with van der Waals surface area (Å²) in [6.07, 6.45) is 19.7. The average Bonchev–Trinajstić information content (AvgIpc) is 3.15. The van der Waals surface area contributed by atoms with Gasteiger partial charge in [-0.15, -0.1) is 31.2 Å². The fourth-order valence-electron chi connectivity index (χ4n) is 2.53. The summed E-state index contributed by atoms with van der Waals surface area (Å²) >= 11 is 0. The Hall–Kier alpha value is 0.0112. The molecule has 0 heterocycles. The van der Waals surface area contributed by atoms with Crippen LogP contribution in [0.2, 0.25) is 13.1 Å². The standard InChI is InChI=1S/C16H26O.C5H5.C2H7Si.2ClH.Ti/c1-3-5-7-9-14-11-15(10-8-6-4-2)13-16(17)12-14;1-2-4-5-3-1;1-3-2;;;/h11-13,17H,3-10H2,1-2H3;1-3H,4H2;3H,1-2H3;2*1H;/q;-1;;;;. The molecule has 0 saturated heterocycles. The van der Waals surface area contributed by atoms with Crippen molar-refractivity contribution < 1.29 is 26.8 Å². The van der Waals surface area contributed by atoms with Crippen molar-refractivity contribution in [3.63, 3.8) is 0 Å². The van der Waals surface area contributed by atoms with Crippen LogP contribution < -0.4 is 0 Å². The zero-order chi connectivity index (χ0) is 18.8. The predicted octanol–water partition coefficient (Wildman–Crippen LogP) is 7.52. The molecule has 0 spiro atoms. The van der Waals surface area contributed by atoms with Gasteiger partial charge < -0.3 is 5.11 Å². The molecule has 2 rings (SSSR count). The zero-order valence-electron chi connectivity index (χ0n) is 18.2. The largest absolute Gasteiger partial charge is 0.508 e. The van der Waals surface area contributed by atoms with Crippen molar-refractivity contribution in [1.29, 1.82) is 0 Å². The summed E-state index contributed by atoms with van der Waals surface area (Å²) in [6, 6.07) is 6.10. The predicted molar refractivity (Wildman–Crippen MR) is 130 cm³/mol. The van der Waals surface area contributed by atoms with E-state index in [4.69, 9.17) is 0 Å². The van der Waals surface area contributed by atoms with E-state index in [0.717, 1.165) is 28.8 Å². The maximum atomic E-state index is 9.71. The second-order valence-corrected chi connectivity index (χ2v) is 7.66. The first kappa shape index (κ1) is 35.4. The molecule has 1 aliphatic carbocycles. The second kappa shape index (κ2) is 27.0. The van der Waals surface area contributed by atoms with Gasteiger partial charge in [-0.05, 0) is 48.9 Å². The average molecular weight is 479 g/mol. The van der Waals surface area contributed by atoms with Gasteiger partial charge in [-0.1, -0.05) is 58.7 Å². The maximum absolute atomic E-state index is 9.71. The van der Waals surface area contributed by atoms with Crippen LogP contribution in [0.3, 0.4) is 0 Å². The fraction of sp³-hybridized carbons (Fsp3) is 0.565. The molecule has 161 valence electrons. The van der Waals surface area contributed by atoms with Crippen LogP contribution in [0.5, 0.6) is 5.75 Å². The van der Waals surface area contributed by atoms with Crippen molar-refractivity contribution in [3.8, 4) is 5.75 Å². The van der Waals surface area contributed by atoms with Crippen molar-refractivity contribution in [2.75, 3.05) is 0 Å². The Balaban J connectivity index is -0.000000221. The SMILES string of the molecule is CCCCCc1cc(O)cc(CCCCC)c1.C[SiH]C.Cl.Cl.[C-]1=CC=CC1.[Ti]. The third-order valence-electron chi connectivity index (χ3n) is 3.76. The first-order valence-corrected chi connectivity index (χ1v) is 12.3. The van der Waals surface area contributed by atoms with Gasteiger partial charge in [0.2, 0.25) is 0 Å². The second-order valence-electron chi connectivity index (χ2n) is 6.50. The van der Waals surface area contributed by atoms with E-state index in [1.54, 1.807) is 0 Å². The van der Waals surface area contributed by atoms with Crippen LogP contribution >= 0.6 is 24.8 Å². The van der Waals surface area contributed by atoms with Gasteiger partial charge in [0, 0.05) is 31.2 Å². The third-order valence-corrected chi connectivity index (χ3v) is 3.76. The number of hydrogen-bond acceptors (Lipinski definition) is 1. The van der Waals surface area contributed by atoms with Crippen LogP contribution in [0, 0.1) is 6.08 Å². The van der Waals surface area contributed by atoms with Gasteiger partial charge in [0.25, 0.3) is 0 Å². The quantitative estimate of drug-likeness (QED) is 0.232. The van der Waals surface area contributed by atoms with Crippen molar-refractivity contribution in [2.24, 2.45) is 0 Å². The molecule has 1 nitrogen and oxygen atoms in total. The molecule has 1 radical (unpaired) electrons. The summed E-state index contributed by atoms with van der Waals surface area (Å²) in [6.45, 7) is 8.86. The summed E-state index contributed by atoms with van der Waals surface area (Å²) in [5.74, 6) is 0.436. The van der Waals surface area contributed by atoms with E-state index in [2.05, 4.69) is 45.2 Å². The van der Waals surface area contributed by atoms with Crippen LogP contribution in [-0.4, -0.2) is 14.6 Å². The van der Waals surface area contributed by atoms with E-state index in [9.17, 15) is 5.11 Å². The van der Waals surface area contributed by atoms with Gasteiger partial charge in [-0.2, -0.15) is 6.08 Å². The summed E-state index contributed by atoms with van der Waals surface area (Å²) in [5.41, 5.74) is 2.59. The molecular formula is C23H40Cl2OSiTi-. The van der Waals surface area contributed by atoms with Crippen LogP contribution in [-0.2, 0) is 34.6 Å². The van der Waals surface area contributed by atoms with E-state index in [0.29, 0.717) is 5.75 Å². The van der Waals surface area contributed by atoms with Gasteiger partial charge in [0.15, 0.2) is 0 Å². The number of unbranched alkanes of at least 4 members (excludes halogenated alkanes) is 4. The van der Waals surface area contributed by atoms with E-state index >= 15 is 0 Å². The molecule has 0 aromatic heterocycles. The summed E-state index contributed by atoms with van der Waals surface area (Å²) < 4.78 is 0. The zero-order valence-corrected chi connectivity index (χ0v) is 22.5. The molecule has 28 heavy (non-hydrogen) atoms. The van der Waals surface area contributed by atoms with Gasteiger partial charge in [-0.3, -0.25) is 6.08 Å². The molecule has 5 heteroatoms. The van der Waals surface area contributed by atoms with Gasteiger partial charge in [0.05, 0.1) is 0 Å². The van der Waals surface area contributed by atoms with Crippen LogP contribution in [0.25, 0.3) is 0 Å². The number of hydrogen-bond donors (Lipinski definition) is 1. The first-order chi connectivity index (χ1) is 12.2. The molecule has 0 atom stereocenters. The molecule has 0 unspecified atom stereocenters. The number of phenolic OH excluding ortho intramolecular Hbond substituents is 1. The van der Waals surface area contributed by atoms with Crippen molar-refractivity contribution in [1.82, 2.24) is 0 Å². The number of allylic oxidation sites excluding steroid dienone is 4. The molecule has 1 N–H and O–H groups in total. The summed E-state index contributed by atoms with van der Waals surface area (Å²) in [5, 5.41) is 9.71. The molecule has 0 bridgehead atoms. The van der Waals surface area contributed by atoms with Crippen molar-refractivity contribution in [3.05, 3.63) is 53.6 Å². The molecule has 0 saturated carbocycles. The molecule has 0 amide bonds. The van der Waals surface area contributed by atoms with Crippen LogP contribution in [0.15, 0.2) is 36.4 Å². The number of rotatable bonds is 8. The first-order valence-electron chi connectivity index (χ1n) is 9.95. The number of halogens is 2. The van der Waals surface area contributed by atoms with Crippen LogP contribution in [0.4, 0.5) is 0 Å². The molecular weight excluding hydrogens is 439 g/mol. The fourth-order valence-corrected chi connectivity index (χ4v) is 2.53. The molecule has 1 aromatic rings. The minimum Gasteiger partial charge on any atom is -0.508 e. The topological polar surface area (TPSA) is 20.2 Å².